The van der Waals surface area contributed by atoms with Gasteiger partial charge in [0.05, 0.1) is 13.4 Å². The summed E-state index contributed by atoms with van der Waals surface area (Å²) in [6.45, 7) is 2.99. The minimum absolute atomic E-state index is 0. The molecule has 0 aliphatic rings. The summed E-state index contributed by atoms with van der Waals surface area (Å²) in [5, 5.41) is 4.64. The third-order valence-electron chi connectivity index (χ3n) is 4.28. The first-order chi connectivity index (χ1) is 13.7. The Morgan fingerprint density at radius 1 is 1.10 bits per heavy atom. The zero-order valence-electron chi connectivity index (χ0n) is 16.1. The first kappa shape index (κ1) is 23.4. The molecule has 29 heavy (non-hydrogen) atoms. The number of nitrogens with one attached hydrogen (secondary N) is 1. The molecule has 0 radical (unpaired) electrons. The van der Waals surface area contributed by atoms with E-state index >= 15 is 0 Å². The van der Waals surface area contributed by atoms with Crippen molar-refractivity contribution >= 4 is 35.6 Å². The molecule has 0 aliphatic heterocycles. The standard InChI is InChI=1S/C21H23Cl2N3O2.ClH/c1-27-21-11-16(13-24-7-2-9-26-10-8-25-15-26)3-6-20(21)28-14-17-4-5-18(22)12-19(17)23;/h3-6,8,10-12,15,24H,2,7,9,13-14H2,1H3;1H. The van der Waals surface area contributed by atoms with Crippen molar-refractivity contribution in [2.75, 3.05) is 13.7 Å². The molecule has 3 aromatic rings. The fraction of sp³-hybridized carbons (Fsp3) is 0.286. The van der Waals surface area contributed by atoms with Gasteiger partial charge in [-0.05, 0) is 42.8 Å². The Bertz CT molecular complexity index is 889. The molecule has 0 spiro atoms. The van der Waals surface area contributed by atoms with Gasteiger partial charge < -0.3 is 19.4 Å². The highest BCUT2D eigenvalue weighted by Crippen LogP contribution is 2.30. The second kappa shape index (κ2) is 11.9. The van der Waals surface area contributed by atoms with E-state index in [2.05, 4.69) is 14.9 Å². The Morgan fingerprint density at radius 3 is 2.69 bits per heavy atom. The number of aromatic nitrogens is 2. The van der Waals surface area contributed by atoms with Crippen LogP contribution in [0.4, 0.5) is 0 Å². The van der Waals surface area contributed by atoms with E-state index in [1.54, 1.807) is 25.4 Å². The number of methoxy groups -OCH3 is 1. The fourth-order valence-electron chi connectivity index (χ4n) is 2.77. The van der Waals surface area contributed by atoms with E-state index in [9.17, 15) is 0 Å². The second-order valence-electron chi connectivity index (χ2n) is 6.34. The van der Waals surface area contributed by atoms with Crippen molar-refractivity contribution in [2.45, 2.75) is 26.1 Å². The predicted octanol–water partition coefficient (Wildman–Crippen LogP) is 5.38. The van der Waals surface area contributed by atoms with Crippen molar-refractivity contribution in [1.29, 1.82) is 0 Å². The highest BCUT2D eigenvalue weighted by molar-refractivity contribution is 6.35. The molecule has 3 rings (SSSR count). The summed E-state index contributed by atoms with van der Waals surface area (Å²) in [5.41, 5.74) is 2.01. The van der Waals surface area contributed by atoms with Crippen LogP contribution in [0.5, 0.6) is 11.5 Å². The van der Waals surface area contributed by atoms with Crippen LogP contribution in [0, 0.1) is 0 Å². The first-order valence-electron chi connectivity index (χ1n) is 9.06. The monoisotopic (exact) mass is 455 g/mol. The normalized spacial score (nSPS) is 10.4. The summed E-state index contributed by atoms with van der Waals surface area (Å²) in [7, 11) is 1.64. The number of hydrogen-bond acceptors (Lipinski definition) is 4. The third kappa shape index (κ3) is 7.12. The van der Waals surface area contributed by atoms with Crippen molar-refractivity contribution in [2.24, 2.45) is 0 Å². The molecule has 0 amide bonds. The molecule has 156 valence electrons. The number of hydrogen-bond donors (Lipinski definition) is 1. The number of halogens is 3. The van der Waals surface area contributed by atoms with Gasteiger partial charge in [-0.15, -0.1) is 12.4 Å². The molecule has 0 saturated carbocycles. The molecule has 0 bridgehead atoms. The number of aryl methyl sites for hydroxylation is 1. The molecule has 0 aliphatic carbocycles. The number of imidazole rings is 1. The van der Waals surface area contributed by atoms with Crippen LogP contribution < -0.4 is 14.8 Å². The molecule has 1 heterocycles. The summed E-state index contributed by atoms with van der Waals surface area (Å²) >= 11 is 12.1. The molecule has 0 saturated heterocycles. The van der Waals surface area contributed by atoms with E-state index < -0.39 is 0 Å². The van der Waals surface area contributed by atoms with Crippen molar-refractivity contribution in [3.05, 3.63) is 76.3 Å². The molecular formula is C21H24Cl3N3O2. The molecule has 0 unspecified atom stereocenters. The summed E-state index contributed by atoms with van der Waals surface area (Å²) in [5.74, 6) is 1.38. The van der Waals surface area contributed by atoms with Crippen molar-refractivity contribution in [3.63, 3.8) is 0 Å². The zero-order valence-corrected chi connectivity index (χ0v) is 18.4. The van der Waals surface area contributed by atoms with Gasteiger partial charge in [0.25, 0.3) is 0 Å². The van der Waals surface area contributed by atoms with E-state index in [1.165, 1.54) is 0 Å². The highest BCUT2D eigenvalue weighted by atomic mass is 35.5. The number of ether oxygens (including phenoxy) is 2. The molecule has 2 aromatic carbocycles. The lowest BCUT2D eigenvalue weighted by atomic mass is 10.2. The van der Waals surface area contributed by atoms with Crippen molar-refractivity contribution in [3.8, 4) is 11.5 Å². The van der Waals surface area contributed by atoms with Gasteiger partial charge in [0.15, 0.2) is 11.5 Å². The average Bonchev–Trinajstić information content (AvgIpc) is 3.21. The SMILES string of the molecule is COc1cc(CNCCCn2ccnc2)ccc1OCc1ccc(Cl)cc1Cl.Cl. The van der Waals surface area contributed by atoms with Gasteiger partial charge >= 0.3 is 0 Å². The minimum atomic E-state index is 0. The Kier molecular flexibility index (Phi) is 9.61. The number of rotatable bonds is 10. The van der Waals surface area contributed by atoms with Gasteiger partial charge in [-0.3, -0.25) is 0 Å². The lowest BCUT2D eigenvalue weighted by Crippen LogP contribution is -2.16. The van der Waals surface area contributed by atoms with Crippen LogP contribution in [0.1, 0.15) is 17.5 Å². The zero-order chi connectivity index (χ0) is 19.8. The van der Waals surface area contributed by atoms with Gasteiger partial charge in [-0.2, -0.15) is 0 Å². The van der Waals surface area contributed by atoms with Crippen LogP contribution in [0.3, 0.4) is 0 Å². The molecular weight excluding hydrogens is 433 g/mol. The second-order valence-corrected chi connectivity index (χ2v) is 7.18. The van der Waals surface area contributed by atoms with Crippen LogP contribution in [0.25, 0.3) is 0 Å². The Labute approximate surface area is 187 Å². The van der Waals surface area contributed by atoms with E-state index in [-0.39, 0.29) is 12.4 Å². The molecule has 1 N–H and O–H groups in total. The summed E-state index contributed by atoms with van der Waals surface area (Å²) in [6, 6.07) is 11.3. The van der Waals surface area contributed by atoms with Crippen LogP contribution in [-0.2, 0) is 19.7 Å². The Morgan fingerprint density at radius 2 is 1.97 bits per heavy atom. The quantitative estimate of drug-likeness (QED) is 0.416. The van der Waals surface area contributed by atoms with Gasteiger partial charge in [0.1, 0.15) is 6.61 Å². The van der Waals surface area contributed by atoms with Gasteiger partial charge in [-0.25, -0.2) is 4.98 Å². The molecule has 8 heteroatoms. The third-order valence-corrected chi connectivity index (χ3v) is 4.87. The maximum absolute atomic E-state index is 6.20. The largest absolute Gasteiger partial charge is 0.493 e. The van der Waals surface area contributed by atoms with Crippen LogP contribution in [0.15, 0.2) is 55.1 Å². The van der Waals surface area contributed by atoms with Crippen molar-refractivity contribution < 1.29 is 9.47 Å². The molecule has 1 aromatic heterocycles. The first-order valence-corrected chi connectivity index (χ1v) is 9.81. The van der Waals surface area contributed by atoms with E-state index in [0.29, 0.717) is 28.2 Å². The van der Waals surface area contributed by atoms with Crippen LogP contribution >= 0.6 is 35.6 Å². The average molecular weight is 457 g/mol. The minimum Gasteiger partial charge on any atom is -0.493 e. The predicted molar refractivity (Wildman–Crippen MR) is 120 cm³/mol. The smallest absolute Gasteiger partial charge is 0.161 e. The number of nitrogens with zero attached hydrogens (tertiary/aromatic N) is 2. The topological polar surface area (TPSA) is 48.3 Å². The maximum Gasteiger partial charge on any atom is 0.161 e. The molecule has 5 nitrogen and oxygen atoms in total. The summed E-state index contributed by atoms with van der Waals surface area (Å²) in [4.78, 5) is 4.04. The molecule has 0 atom stereocenters. The number of benzene rings is 2. The van der Waals surface area contributed by atoms with E-state index in [0.717, 1.165) is 37.2 Å². The van der Waals surface area contributed by atoms with E-state index in [1.807, 2.05) is 36.8 Å². The van der Waals surface area contributed by atoms with Gasteiger partial charge in [0.2, 0.25) is 0 Å². The van der Waals surface area contributed by atoms with E-state index in [4.69, 9.17) is 32.7 Å². The van der Waals surface area contributed by atoms with Crippen LogP contribution in [0.2, 0.25) is 10.0 Å². The Hall–Kier alpha value is -1.92. The highest BCUT2D eigenvalue weighted by Gasteiger charge is 2.08. The summed E-state index contributed by atoms with van der Waals surface area (Å²) in [6.07, 6.45) is 6.64. The summed E-state index contributed by atoms with van der Waals surface area (Å²) < 4.78 is 13.4. The van der Waals surface area contributed by atoms with Gasteiger partial charge in [-0.1, -0.05) is 35.3 Å². The fourth-order valence-corrected chi connectivity index (χ4v) is 3.24. The lowest BCUT2D eigenvalue weighted by molar-refractivity contribution is 0.284. The maximum atomic E-state index is 6.20. The molecule has 0 fully saturated rings. The van der Waals surface area contributed by atoms with Crippen LogP contribution in [-0.4, -0.2) is 23.2 Å². The van der Waals surface area contributed by atoms with Gasteiger partial charge in [0, 0.05) is 41.1 Å². The Balaban J connectivity index is 0.00000300. The lowest BCUT2D eigenvalue weighted by Gasteiger charge is -2.13. The van der Waals surface area contributed by atoms with Crippen molar-refractivity contribution in [1.82, 2.24) is 14.9 Å².